The van der Waals surface area contributed by atoms with Crippen LogP contribution in [0.3, 0.4) is 0 Å². The number of halogens is 4. The summed E-state index contributed by atoms with van der Waals surface area (Å²) in [5.74, 6) is -2.60. The monoisotopic (exact) mass is 2090 g/mol. The van der Waals surface area contributed by atoms with Gasteiger partial charge in [-0.15, -0.1) is 20.4 Å². The predicted octanol–water partition coefficient (Wildman–Crippen LogP) is 8.73. The zero-order valence-corrected chi connectivity index (χ0v) is 81.9. The van der Waals surface area contributed by atoms with E-state index in [-0.39, 0.29) is 194 Å². The fraction of sp³-hybridized carbons (Fsp3) is 0.583. The second kappa shape index (κ2) is 47.3. The lowest BCUT2D eigenvalue weighted by Gasteiger charge is -2.17. The van der Waals surface area contributed by atoms with Gasteiger partial charge in [-0.3, -0.25) is 0 Å². The van der Waals surface area contributed by atoms with Gasteiger partial charge in [0.15, 0.2) is 88.6 Å². The van der Waals surface area contributed by atoms with Gasteiger partial charge in [-0.05, 0) is 148 Å². The summed E-state index contributed by atoms with van der Waals surface area (Å²) in [6.45, 7) is -0.945. The van der Waals surface area contributed by atoms with Crippen molar-refractivity contribution in [1.29, 1.82) is 0 Å². The van der Waals surface area contributed by atoms with Crippen molar-refractivity contribution in [2.45, 2.75) is 298 Å². The van der Waals surface area contributed by atoms with E-state index in [2.05, 4.69) is 102 Å². The average Bonchev–Trinajstić information content (AvgIpc) is 1.61. The summed E-state index contributed by atoms with van der Waals surface area (Å²) in [4.78, 5) is 35.4. The molecule has 12 aromatic rings. The van der Waals surface area contributed by atoms with Crippen molar-refractivity contribution in [3.05, 3.63) is 141 Å². The number of aromatic nitrogens is 20. The molecule has 0 saturated heterocycles. The van der Waals surface area contributed by atoms with E-state index < -0.39 is 190 Å². The van der Waals surface area contributed by atoms with E-state index in [1.165, 1.54) is 38.3 Å². The highest BCUT2D eigenvalue weighted by Gasteiger charge is 2.51. The van der Waals surface area contributed by atoms with E-state index in [9.17, 15) is 73.7 Å². The highest BCUT2D eigenvalue weighted by Crippen LogP contribution is 2.50. The predicted molar refractivity (Wildman–Crippen MR) is 530 cm³/mol. The molecule has 0 bridgehead atoms. The first-order chi connectivity index (χ1) is 77.3. The number of anilines is 4. The Morgan fingerprint density at radius 3 is 0.868 bits per heavy atom. The van der Waals surface area contributed by atoms with E-state index in [0.29, 0.717) is 82.0 Å². The molecule has 0 aliphatic heterocycles. The largest absolute Gasteiger partial charge is 0.394 e. The maximum atomic E-state index is 14.2. The molecule has 144 heavy (non-hydrogen) atoms. The topological polar surface area (TPSA) is 554 Å². The summed E-state index contributed by atoms with van der Waals surface area (Å²) in [6, 6.07) is 10.4. The maximum absolute atomic E-state index is 14.2. The van der Waals surface area contributed by atoms with Gasteiger partial charge in [0, 0.05) is 110 Å². The number of ether oxygens (including phenoxy) is 4. The summed E-state index contributed by atoms with van der Waals surface area (Å²) in [5.41, 5.74) is -2.34. The lowest BCUT2D eigenvalue weighted by Crippen LogP contribution is -2.33. The van der Waals surface area contributed by atoms with Crippen LogP contribution in [0.4, 0.5) is 40.8 Å². The van der Waals surface area contributed by atoms with Gasteiger partial charge >= 0.3 is 0 Å². The molecule has 0 spiro atoms. The Hall–Kier alpha value is -9.52. The zero-order valence-electron chi connectivity index (χ0n) is 101. The minimum Gasteiger partial charge on any atom is -0.394 e. The molecule has 20 rings (SSSR count). The molecule has 40 nitrogen and oxygen atoms in total. The molecule has 4 aromatic carbocycles. The normalized spacial score (nSPS) is 32.8. The lowest BCUT2D eigenvalue weighted by molar-refractivity contribution is -0.0629. The van der Waals surface area contributed by atoms with Crippen LogP contribution in [0, 0.1) is 51.0 Å². The number of fused-ring (bicyclic) bond motifs is 4. The molecule has 8 aliphatic carbocycles. The molecule has 8 aliphatic rings. The molecule has 16 N–H and O–H groups in total. The number of aryl methyl sites for hydroxylation is 4. The fourth-order valence-corrected chi connectivity index (χ4v) is 19.6. The molecular formula is C96H124F4N24O16S4. The molecular weight excluding hydrogens is 1950 g/mol. The number of aliphatic hydroxyl groups excluding tert-OH is 10. The molecule has 0 amide bonds. The smallest absolute Gasteiger partial charge is 0.191 e. The van der Waals surface area contributed by atoms with Crippen LogP contribution in [0.1, 0.15) is 227 Å². The van der Waals surface area contributed by atoms with Crippen molar-refractivity contribution < 1.29 is 128 Å². The first kappa shape index (κ1) is 80.5. The number of hydrogen-bond donors (Lipinski definition) is 16. The van der Waals surface area contributed by atoms with Crippen LogP contribution >= 0.6 is 47.0 Å². The SMILES string of the molecule is [2H]C([2H])(C)C([2H])([2H])Sc1nc(N[C@]2([2H])C[C@H]2c2ccc(C)c(F)c2)c2nnn([C@@H]3C[C@H](OCCO)[C@@H](O)[C@H]3O)c2n1.[2H]C([2H])(CC)Sc1nc(N[C@]2([2H])C[C@H]2c2ccc(C)c(F)c2)c2nnn([C@@H]3C[C@H](OC([2H])([2H])C([2H])([2H])O)[C@@H](O)[C@H]3O)c2n1.[2H]C([2H])(CO)O[C@H]1C[C@@H](n2nnc3c(N[C@]4([2H])C[C@H]4c4ccc(C)c(F)c4)nc(SC([2H])([2H])CC)nc32)[C@H](O)[C@@H]1O.[2H]C([2H])(O)CO[C@H]1C[C@@H](n2nnc3c(N[C@]4([2H])C[C@H]4c4ccc(C)c(F)c4)nc(SC([2H])([2H])CC)nc32)[C@H](O)[C@@H]1O. The number of nitrogens with one attached hydrogen (secondary N) is 4. The second-order valence-electron chi connectivity index (χ2n) is 35.3. The number of rotatable bonds is 40. The van der Waals surface area contributed by atoms with Crippen LogP contribution in [0.15, 0.2) is 93.4 Å². The van der Waals surface area contributed by atoms with E-state index in [1.54, 1.807) is 97.0 Å². The van der Waals surface area contributed by atoms with Crippen molar-refractivity contribution in [3.63, 3.8) is 0 Å². The summed E-state index contributed by atoms with van der Waals surface area (Å²) >= 11 is 2.72. The summed E-state index contributed by atoms with van der Waals surface area (Å²) < 4.78 is 260. The van der Waals surface area contributed by atoms with Crippen molar-refractivity contribution >= 4 is 115 Å². The standard InChI is InChI=1S/4C24H31FN6O4S/c4*1-3-8-36-24-27-22(26-16-10-14(16)13-5-4-12(2)15(25)9-13)19-23(28-24)31(30-29-19)17-11-18(35-7-6-32)21(34)20(17)33/h4*4-5,9,14,16-18,20-21,32-34H,3,6-8,10-11H2,1-2H3,(H,26,27,28)/t4*14-,16+,17+,18-,20-,21+/m0000/s1/i6D2,7D2,8D2,16D;7D2,8D2,16D;6D2,8D2,16D;3D2,8D2,16D. The van der Waals surface area contributed by atoms with Crippen molar-refractivity contribution in [2.75, 3.05) is 96.8 Å². The number of nitrogens with zero attached hydrogens (tertiary/aromatic N) is 20. The molecule has 0 radical (unpaired) electrons. The average molecular weight is 2100 g/mol. The number of benzene rings is 4. The second-order valence-corrected chi connectivity index (χ2v) is 38.6. The van der Waals surface area contributed by atoms with E-state index in [1.807, 2.05) is 0 Å². The first-order valence-electron chi connectivity index (χ1n) is 57.4. The fourth-order valence-electron chi connectivity index (χ4n) is 17.6. The zero-order chi connectivity index (χ0) is 121. The molecule has 24 atom stereocenters. The Bertz CT molecular complexity index is 7610. The van der Waals surface area contributed by atoms with E-state index >= 15 is 0 Å². The van der Waals surface area contributed by atoms with Crippen LogP contribution in [0.25, 0.3) is 44.7 Å². The molecule has 0 unspecified atom stereocenters. The van der Waals surface area contributed by atoms with Gasteiger partial charge in [-0.1, -0.05) is 144 Å². The van der Waals surface area contributed by atoms with Crippen molar-refractivity contribution in [1.82, 2.24) is 99.8 Å². The Kier molecular flexibility index (Phi) is 26.5. The van der Waals surface area contributed by atoms with Gasteiger partial charge in [-0.2, -0.15) is 0 Å². The highest BCUT2D eigenvalue weighted by molar-refractivity contribution is 7.99. The summed E-state index contributed by atoms with van der Waals surface area (Å²) in [7, 11) is 0. The first-order valence-corrected chi connectivity index (χ1v) is 49.7. The Balaban J connectivity index is 0.000000148. The van der Waals surface area contributed by atoms with Crippen LogP contribution < -0.4 is 21.3 Å². The molecule has 8 fully saturated rings. The Labute approximate surface area is 874 Å². The Morgan fingerprint density at radius 1 is 0.347 bits per heavy atom. The Morgan fingerprint density at radius 2 is 0.618 bits per heavy atom. The summed E-state index contributed by atoms with van der Waals surface area (Å²) in [5, 5.41) is 168. The van der Waals surface area contributed by atoms with Gasteiger partial charge in [-0.25, -0.2) is 76.2 Å². The van der Waals surface area contributed by atoms with Crippen LogP contribution in [0.5, 0.6) is 0 Å². The van der Waals surface area contributed by atoms with Gasteiger partial charge in [0.2, 0.25) is 0 Å². The quantitative estimate of drug-likeness (QED) is 0.00969. The molecule has 8 aromatic heterocycles. The van der Waals surface area contributed by atoms with Crippen molar-refractivity contribution in [2.24, 2.45) is 0 Å². The third-order valence-corrected chi connectivity index (χ3v) is 28.7. The van der Waals surface area contributed by atoms with E-state index in [0.717, 1.165) is 46.9 Å². The molecule has 8 heterocycles. The molecule has 8 saturated carbocycles. The lowest BCUT2D eigenvalue weighted by atomic mass is 10.1. The van der Waals surface area contributed by atoms with E-state index in [4.69, 9.17) is 54.2 Å². The number of hydrogen-bond acceptors (Lipinski definition) is 40. The van der Waals surface area contributed by atoms with Gasteiger partial charge in [0.25, 0.3) is 0 Å². The number of thioether (sulfide) groups is 4. The highest BCUT2D eigenvalue weighted by atomic mass is 32.2. The van der Waals surface area contributed by atoms with Crippen LogP contribution in [-0.4, -0.2) is 334 Å². The maximum Gasteiger partial charge on any atom is 0.191 e. The number of aliphatic hydroxyl groups is 12. The third-order valence-electron chi connectivity index (χ3n) is 25.6. The van der Waals surface area contributed by atoms with Crippen molar-refractivity contribution in [3.8, 4) is 0 Å². The molecule has 776 valence electrons. The van der Waals surface area contributed by atoms with Gasteiger partial charge in [0.05, 0.1) is 118 Å². The third kappa shape index (κ3) is 23.8. The van der Waals surface area contributed by atoms with Crippen LogP contribution in [0.2, 0.25) is 0 Å². The van der Waals surface area contributed by atoms with Crippen LogP contribution in [-0.2, 0) is 18.9 Å². The minimum atomic E-state index is -3.40. The summed E-state index contributed by atoms with van der Waals surface area (Å²) in [6.07, 6.45) is -16.8. The van der Waals surface area contributed by atoms with Gasteiger partial charge < -0.3 is 101 Å². The minimum absolute atomic E-state index is 0.00859. The van der Waals surface area contributed by atoms with Gasteiger partial charge in [0.1, 0.15) is 72.1 Å². The molecule has 48 heteroatoms.